The van der Waals surface area contributed by atoms with E-state index in [2.05, 4.69) is 31.3 Å². The number of hydrazone groups is 1. The maximum absolute atomic E-state index is 4.03. The number of rotatable bonds is 3. The summed E-state index contributed by atoms with van der Waals surface area (Å²) in [5.41, 5.74) is 3.65. The molecule has 0 aliphatic rings. The molecule has 1 unspecified atom stereocenters. The zero-order valence-corrected chi connectivity index (χ0v) is 8.68. The zero-order chi connectivity index (χ0) is 7.28. The fourth-order valence-corrected chi connectivity index (χ4v) is 0.490. The first-order chi connectivity index (χ1) is 4.13. The highest BCUT2D eigenvalue weighted by atomic mass is 28.1. The highest BCUT2D eigenvalue weighted by Crippen LogP contribution is 1.86. The third kappa shape index (κ3) is 7.69. The van der Waals surface area contributed by atoms with Gasteiger partial charge >= 0.3 is 0 Å². The summed E-state index contributed by atoms with van der Waals surface area (Å²) >= 11 is 0. The Morgan fingerprint density at radius 3 is 2.33 bits per heavy atom. The fourth-order valence-electron chi connectivity index (χ4n) is 0.341. The maximum atomic E-state index is 4.03. The average Bonchev–Trinajstić information content (AvgIpc) is 1.63. The molecule has 9 heavy (non-hydrogen) atoms. The molecule has 0 fully saturated rings. The smallest absolute Gasteiger partial charge is 0.0383 e. The van der Waals surface area contributed by atoms with Gasteiger partial charge in [0, 0.05) is 22.5 Å². The molecule has 0 aliphatic heterocycles. The normalized spacial score (nSPS) is 15.1. The van der Waals surface area contributed by atoms with E-state index in [0.717, 1.165) is 0 Å². The SMILES string of the molecule is CC([SiH3])/C=N/NC(C)C. The van der Waals surface area contributed by atoms with Crippen LogP contribution in [0.25, 0.3) is 0 Å². The van der Waals surface area contributed by atoms with Gasteiger partial charge in [-0.1, -0.05) is 6.92 Å². The predicted molar refractivity (Wildman–Crippen MR) is 46.1 cm³/mol. The molecule has 0 bridgehead atoms. The van der Waals surface area contributed by atoms with Crippen molar-refractivity contribution >= 4 is 16.5 Å². The molecule has 0 spiro atoms. The fraction of sp³-hybridized carbons (Fsp3) is 0.833. The van der Waals surface area contributed by atoms with Gasteiger partial charge in [-0.05, 0) is 19.4 Å². The molecule has 0 aromatic rings. The topological polar surface area (TPSA) is 24.4 Å². The lowest BCUT2D eigenvalue weighted by molar-refractivity contribution is 0.621. The van der Waals surface area contributed by atoms with Crippen molar-refractivity contribution in [3.05, 3.63) is 0 Å². The summed E-state index contributed by atoms with van der Waals surface area (Å²) in [5.74, 6) is 0. The van der Waals surface area contributed by atoms with Crippen LogP contribution < -0.4 is 5.43 Å². The van der Waals surface area contributed by atoms with Crippen LogP contribution in [0.4, 0.5) is 0 Å². The number of hydrogen-bond acceptors (Lipinski definition) is 2. The Hall–Kier alpha value is -0.313. The second kappa shape index (κ2) is 4.55. The van der Waals surface area contributed by atoms with Crippen LogP contribution in [-0.4, -0.2) is 22.5 Å². The van der Waals surface area contributed by atoms with Gasteiger partial charge in [-0.15, -0.1) is 0 Å². The summed E-state index contributed by atoms with van der Waals surface area (Å²) in [4.78, 5) is 0. The first kappa shape index (κ1) is 8.69. The predicted octanol–water partition coefficient (Wildman–Crippen LogP) is 0.144. The van der Waals surface area contributed by atoms with E-state index in [4.69, 9.17) is 0 Å². The van der Waals surface area contributed by atoms with E-state index >= 15 is 0 Å². The molecule has 2 nitrogen and oxygen atoms in total. The quantitative estimate of drug-likeness (QED) is 0.340. The molecule has 0 aromatic carbocycles. The van der Waals surface area contributed by atoms with E-state index < -0.39 is 0 Å². The minimum absolute atomic E-state index is 0.460. The van der Waals surface area contributed by atoms with Crippen molar-refractivity contribution in [3.8, 4) is 0 Å². The summed E-state index contributed by atoms with van der Waals surface area (Å²) in [7, 11) is 1.19. The monoisotopic (exact) mass is 144 g/mol. The van der Waals surface area contributed by atoms with E-state index in [9.17, 15) is 0 Å². The van der Waals surface area contributed by atoms with Crippen LogP contribution in [0.15, 0.2) is 5.10 Å². The third-order valence-electron chi connectivity index (χ3n) is 0.705. The molecular formula is C6H16N2Si. The second-order valence-electron chi connectivity index (χ2n) is 2.81. The van der Waals surface area contributed by atoms with Gasteiger partial charge in [0.05, 0.1) is 0 Å². The second-order valence-corrected chi connectivity index (χ2v) is 4.63. The summed E-state index contributed by atoms with van der Waals surface area (Å²) in [6, 6.07) is 0.460. The van der Waals surface area contributed by atoms with Crippen molar-refractivity contribution < 1.29 is 0 Å². The van der Waals surface area contributed by atoms with Gasteiger partial charge in [-0.3, -0.25) is 0 Å². The van der Waals surface area contributed by atoms with Gasteiger partial charge in [0.15, 0.2) is 0 Å². The van der Waals surface area contributed by atoms with Crippen molar-refractivity contribution in [3.63, 3.8) is 0 Å². The van der Waals surface area contributed by atoms with Crippen molar-refractivity contribution in [2.24, 2.45) is 5.10 Å². The number of nitrogens with zero attached hydrogens (tertiary/aromatic N) is 1. The van der Waals surface area contributed by atoms with Crippen LogP contribution in [0, 0.1) is 0 Å². The van der Waals surface area contributed by atoms with Gasteiger partial charge in [0.25, 0.3) is 0 Å². The van der Waals surface area contributed by atoms with Gasteiger partial charge in [0.2, 0.25) is 0 Å². The van der Waals surface area contributed by atoms with E-state index in [0.29, 0.717) is 11.6 Å². The lowest BCUT2D eigenvalue weighted by atomic mass is 10.4. The van der Waals surface area contributed by atoms with Crippen LogP contribution in [0.5, 0.6) is 0 Å². The maximum Gasteiger partial charge on any atom is 0.0383 e. The first-order valence-corrected chi connectivity index (χ1v) is 4.57. The lowest BCUT2D eigenvalue weighted by Gasteiger charge is -2.02. The molecule has 1 N–H and O–H groups in total. The summed E-state index contributed by atoms with van der Waals surface area (Å²) in [5, 5.41) is 4.03. The van der Waals surface area contributed by atoms with E-state index in [1.165, 1.54) is 10.2 Å². The molecule has 0 aliphatic carbocycles. The van der Waals surface area contributed by atoms with Crippen molar-refractivity contribution in [2.45, 2.75) is 32.4 Å². The number of hydrogen-bond donors (Lipinski definition) is 1. The number of nitrogens with one attached hydrogen (secondary N) is 1. The van der Waals surface area contributed by atoms with Crippen molar-refractivity contribution in [2.75, 3.05) is 0 Å². The Morgan fingerprint density at radius 2 is 2.00 bits per heavy atom. The zero-order valence-electron chi connectivity index (χ0n) is 6.68. The molecule has 54 valence electrons. The average molecular weight is 144 g/mol. The van der Waals surface area contributed by atoms with Crippen molar-refractivity contribution in [1.82, 2.24) is 5.43 Å². The molecule has 0 radical (unpaired) electrons. The van der Waals surface area contributed by atoms with Gasteiger partial charge < -0.3 is 5.43 Å². The first-order valence-electron chi connectivity index (χ1n) is 3.41. The van der Waals surface area contributed by atoms with Crippen LogP contribution in [-0.2, 0) is 0 Å². The molecule has 0 aromatic heterocycles. The summed E-state index contributed by atoms with van der Waals surface area (Å²) in [6.45, 7) is 6.32. The molecule has 0 saturated carbocycles. The van der Waals surface area contributed by atoms with Crippen LogP contribution in [0.2, 0.25) is 5.54 Å². The molecule has 0 amide bonds. The standard InChI is InChI=1S/C6H16N2Si/c1-5(2)8-7-4-6(3)9/h4-6,8H,1-3,9H3/b7-4+. The minimum atomic E-state index is 0.460. The van der Waals surface area contributed by atoms with Crippen LogP contribution in [0.1, 0.15) is 20.8 Å². The lowest BCUT2D eigenvalue weighted by Crippen LogP contribution is -2.16. The molecule has 1 atom stereocenters. The Bertz CT molecular complexity index is 89.1. The highest BCUT2D eigenvalue weighted by Gasteiger charge is 1.86. The van der Waals surface area contributed by atoms with Crippen molar-refractivity contribution in [1.29, 1.82) is 0 Å². The molecule has 0 rings (SSSR count). The van der Waals surface area contributed by atoms with E-state index in [1.54, 1.807) is 0 Å². The Balaban J connectivity index is 3.25. The summed E-state index contributed by atoms with van der Waals surface area (Å²) in [6.07, 6.45) is 1.96. The molecule has 0 saturated heterocycles. The van der Waals surface area contributed by atoms with Gasteiger partial charge in [0.1, 0.15) is 0 Å². The minimum Gasteiger partial charge on any atom is -0.308 e. The summed E-state index contributed by atoms with van der Waals surface area (Å²) < 4.78 is 0. The Morgan fingerprint density at radius 1 is 1.44 bits per heavy atom. The molecule has 0 heterocycles. The van der Waals surface area contributed by atoms with Crippen LogP contribution >= 0.6 is 0 Å². The third-order valence-corrected chi connectivity index (χ3v) is 1.00. The molecular weight excluding hydrogens is 128 g/mol. The van der Waals surface area contributed by atoms with E-state index in [1.807, 2.05) is 6.21 Å². The van der Waals surface area contributed by atoms with E-state index in [-0.39, 0.29) is 0 Å². The largest absolute Gasteiger partial charge is 0.308 e. The van der Waals surface area contributed by atoms with Crippen LogP contribution in [0.3, 0.4) is 0 Å². The Kier molecular flexibility index (Phi) is 4.40. The van der Waals surface area contributed by atoms with Gasteiger partial charge in [-0.2, -0.15) is 5.10 Å². The van der Waals surface area contributed by atoms with Gasteiger partial charge in [-0.25, -0.2) is 0 Å². The highest BCUT2D eigenvalue weighted by molar-refractivity contribution is 6.20. The molecule has 3 heteroatoms. The Labute approximate surface area is 60.2 Å².